The zero-order valence-corrected chi connectivity index (χ0v) is 9.81. The third kappa shape index (κ3) is 1.99. The Morgan fingerprint density at radius 3 is 2.17 bits per heavy atom. The second kappa shape index (κ2) is 2.71. The summed E-state index contributed by atoms with van der Waals surface area (Å²) in [6.07, 6.45) is 3.43. The molecule has 70 valence electrons. The van der Waals surface area contributed by atoms with Gasteiger partial charge < -0.3 is 4.80 Å². The van der Waals surface area contributed by atoms with E-state index in [1.165, 1.54) is 5.57 Å². The molecule has 0 spiro atoms. The Hall–Kier alpha value is -0.0831. The standard InChI is InChI=1S/C10H20OSi/c1-8-6-9(8)7-10(2,3)12(4,5)11/h6,9,11H,7H2,1-5H3. The molecule has 0 heterocycles. The zero-order valence-electron chi connectivity index (χ0n) is 8.81. The van der Waals surface area contributed by atoms with Gasteiger partial charge in [-0.15, -0.1) is 0 Å². The summed E-state index contributed by atoms with van der Waals surface area (Å²) in [6.45, 7) is 10.6. The lowest BCUT2D eigenvalue weighted by molar-refractivity contribution is 0.441. The average Bonchev–Trinajstić information content (AvgIpc) is 2.41. The summed E-state index contributed by atoms with van der Waals surface area (Å²) in [5.74, 6) is 0.693. The van der Waals surface area contributed by atoms with Crippen LogP contribution < -0.4 is 0 Å². The third-order valence-electron chi connectivity index (χ3n) is 3.33. The molecule has 1 N–H and O–H groups in total. The van der Waals surface area contributed by atoms with Crippen molar-refractivity contribution in [2.24, 2.45) is 5.92 Å². The number of hydrogen-bond donors (Lipinski definition) is 1. The van der Waals surface area contributed by atoms with E-state index in [2.05, 4.69) is 26.8 Å². The maximum atomic E-state index is 10.0. The van der Waals surface area contributed by atoms with Crippen LogP contribution in [0.1, 0.15) is 27.2 Å². The average molecular weight is 184 g/mol. The smallest absolute Gasteiger partial charge is 0.188 e. The van der Waals surface area contributed by atoms with Crippen LogP contribution in [-0.4, -0.2) is 13.1 Å². The van der Waals surface area contributed by atoms with Crippen molar-refractivity contribution >= 4 is 8.32 Å². The summed E-state index contributed by atoms with van der Waals surface area (Å²) in [4.78, 5) is 10.0. The van der Waals surface area contributed by atoms with Crippen molar-refractivity contribution in [2.45, 2.75) is 45.3 Å². The van der Waals surface area contributed by atoms with Crippen LogP contribution in [0.4, 0.5) is 0 Å². The molecule has 2 heteroatoms. The van der Waals surface area contributed by atoms with Gasteiger partial charge in [-0.3, -0.25) is 0 Å². The largest absolute Gasteiger partial charge is 0.432 e. The highest BCUT2D eigenvalue weighted by Crippen LogP contribution is 2.47. The molecule has 0 aromatic carbocycles. The molecule has 0 aromatic heterocycles. The van der Waals surface area contributed by atoms with Gasteiger partial charge in [0, 0.05) is 0 Å². The normalized spacial score (nSPS) is 23.8. The van der Waals surface area contributed by atoms with Crippen LogP contribution >= 0.6 is 0 Å². The first-order valence-corrected chi connectivity index (χ1v) is 7.59. The Morgan fingerprint density at radius 1 is 1.50 bits per heavy atom. The van der Waals surface area contributed by atoms with E-state index in [0.29, 0.717) is 5.92 Å². The van der Waals surface area contributed by atoms with E-state index in [1.54, 1.807) is 0 Å². The highest BCUT2D eigenvalue weighted by molar-refractivity contribution is 6.72. The van der Waals surface area contributed by atoms with Crippen molar-refractivity contribution in [3.8, 4) is 0 Å². The summed E-state index contributed by atoms with van der Waals surface area (Å²) < 4.78 is 0. The van der Waals surface area contributed by atoms with Crippen LogP contribution in [0.25, 0.3) is 0 Å². The molecule has 12 heavy (non-hydrogen) atoms. The van der Waals surface area contributed by atoms with Crippen LogP contribution in [0.3, 0.4) is 0 Å². The van der Waals surface area contributed by atoms with Gasteiger partial charge in [0.1, 0.15) is 0 Å². The summed E-state index contributed by atoms with van der Waals surface area (Å²) >= 11 is 0. The topological polar surface area (TPSA) is 20.2 Å². The van der Waals surface area contributed by atoms with E-state index in [9.17, 15) is 4.80 Å². The molecule has 0 radical (unpaired) electrons. The second-order valence-electron chi connectivity index (χ2n) is 5.16. The monoisotopic (exact) mass is 184 g/mol. The van der Waals surface area contributed by atoms with E-state index in [0.717, 1.165) is 6.42 Å². The molecule has 1 aliphatic rings. The van der Waals surface area contributed by atoms with Crippen molar-refractivity contribution in [3.05, 3.63) is 11.6 Å². The molecule has 0 bridgehead atoms. The van der Waals surface area contributed by atoms with Crippen LogP contribution in [0.2, 0.25) is 18.1 Å². The lowest BCUT2D eigenvalue weighted by Gasteiger charge is -2.35. The molecule has 0 aromatic rings. The predicted octanol–water partition coefficient (Wildman–Crippen LogP) is 2.93. The minimum atomic E-state index is -1.97. The van der Waals surface area contributed by atoms with Crippen LogP contribution in [0.15, 0.2) is 11.6 Å². The van der Waals surface area contributed by atoms with Gasteiger partial charge in [0.15, 0.2) is 8.32 Å². The Morgan fingerprint density at radius 2 is 1.92 bits per heavy atom. The molecule has 0 aliphatic heterocycles. The Kier molecular flexibility index (Phi) is 2.26. The fraction of sp³-hybridized carbons (Fsp3) is 0.800. The van der Waals surface area contributed by atoms with Crippen molar-refractivity contribution in [1.82, 2.24) is 0 Å². The fourth-order valence-corrected chi connectivity index (χ4v) is 2.01. The summed E-state index contributed by atoms with van der Waals surface area (Å²) in [5, 5.41) is 0.145. The predicted molar refractivity (Wildman–Crippen MR) is 55.6 cm³/mol. The van der Waals surface area contributed by atoms with Crippen molar-refractivity contribution in [2.75, 3.05) is 0 Å². The quantitative estimate of drug-likeness (QED) is 0.528. The lowest BCUT2D eigenvalue weighted by Crippen LogP contribution is -2.39. The first-order valence-electron chi connectivity index (χ1n) is 4.65. The molecule has 1 unspecified atom stereocenters. The fourth-order valence-electron chi connectivity index (χ4n) is 1.29. The van der Waals surface area contributed by atoms with Gasteiger partial charge >= 0.3 is 0 Å². The molecule has 1 aliphatic carbocycles. The van der Waals surface area contributed by atoms with Crippen LogP contribution in [0.5, 0.6) is 0 Å². The van der Waals surface area contributed by atoms with E-state index < -0.39 is 8.32 Å². The van der Waals surface area contributed by atoms with Crippen LogP contribution in [0, 0.1) is 5.92 Å². The molecular formula is C10H20OSi. The molecular weight excluding hydrogens is 164 g/mol. The van der Waals surface area contributed by atoms with E-state index in [4.69, 9.17) is 0 Å². The highest BCUT2D eigenvalue weighted by atomic mass is 28.4. The molecule has 0 fully saturated rings. The van der Waals surface area contributed by atoms with Gasteiger partial charge in [-0.25, -0.2) is 0 Å². The number of rotatable bonds is 3. The van der Waals surface area contributed by atoms with Crippen molar-refractivity contribution in [1.29, 1.82) is 0 Å². The molecule has 0 saturated heterocycles. The maximum absolute atomic E-state index is 10.0. The molecule has 0 saturated carbocycles. The summed E-state index contributed by atoms with van der Waals surface area (Å²) in [5.41, 5.74) is 1.50. The van der Waals surface area contributed by atoms with Crippen molar-refractivity contribution < 1.29 is 4.80 Å². The summed E-state index contributed by atoms with van der Waals surface area (Å²) in [6, 6.07) is 0. The lowest BCUT2D eigenvalue weighted by atomic mass is 10.0. The van der Waals surface area contributed by atoms with Gasteiger partial charge in [0.05, 0.1) is 0 Å². The Bertz CT molecular complexity index is 210. The van der Waals surface area contributed by atoms with Crippen molar-refractivity contribution in [3.63, 3.8) is 0 Å². The van der Waals surface area contributed by atoms with Gasteiger partial charge in [0.2, 0.25) is 0 Å². The van der Waals surface area contributed by atoms with Crippen LogP contribution in [-0.2, 0) is 0 Å². The maximum Gasteiger partial charge on any atom is 0.188 e. The highest BCUT2D eigenvalue weighted by Gasteiger charge is 2.41. The van der Waals surface area contributed by atoms with Gasteiger partial charge in [-0.05, 0) is 37.4 Å². The molecule has 1 rings (SSSR count). The first-order chi connectivity index (χ1) is 5.24. The molecule has 1 atom stereocenters. The SMILES string of the molecule is CC1=CC1CC(C)(C)[Si](C)(C)O. The Labute approximate surface area is 76.6 Å². The third-order valence-corrected chi connectivity index (χ3v) is 6.84. The van der Waals surface area contributed by atoms with Gasteiger partial charge in [0.25, 0.3) is 0 Å². The molecule has 1 nitrogen and oxygen atoms in total. The zero-order chi connectivity index (χ0) is 9.57. The van der Waals surface area contributed by atoms with Gasteiger partial charge in [-0.2, -0.15) is 0 Å². The van der Waals surface area contributed by atoms with Gasteiger partial charge in [-0.1, -0.05) is 25.5 Å². The number of hydrogen-bond acceptors (Lipinski definition) is 1. The minimum Gasteiger partial charge on any atom is -0.432 e. The van der Waals surface area contributed by atoms with E-state index in [1.807, 2.05) is 13.1 Å². The van der Waals surface area contributed by atoms with E-state index >= 15 is 0 Å². The Balaban J connectivity index is 2.49. The molecule has 0 amide bonds. The summed E-state index contributed by atoms with van der Waals surface area (Å²) in [7, 11) is -1.97. The van der Waals surface area contributed by atoms with E-state index in [-0.39, 0.29) is 5.04 Å². The minimum absolute atomic E-state index is 0.145. The number of allylic oxidation sites excluding steroid dienone is 2. The first kappa shape index (κ1) is 10.0. The second-order valence-corrected chi connectivity index (χ2v) is 9.64.